The molecule has 14 heavy (non-hydrogen) atoms. The fourth-order valence-electron chi connectivity index (χ4n) is 1.55. The molecular formula is C10H8AlN3. The van der Waals surface area contributed by atoms with E-state index in [2.05, 4.69) is 27.6 Å². The minimum Gasteiger partial charge on any atom is -0.440 e. The highest BCUT2D eigenvalue weighted by Crippen LogP contribution is 2.22. The third-order valence-corrected chi connectivity index (χ3v) is 2.97. The van der Waals surface area contributed by atoms with Crippen LogP contribution in [0, 0.1) is 25.2 Å². The van der Waals surface area contributed by atoms with Crippen LogP contribution in [0.15, 0.2) is 12.3 Å². The number of aromatic nitrogens is 2. The monoisotopic (exact) mass is 197 g/mol. The molecule has 0 aliphatic carbocycles. The number of pyridine rings is 1. The molecule has 0 aliphatic rings. The molecule has 3 nitrogen and oxygen atoms in total. The molecule has 66 valence electrons. The fraction of sp³-hybridized carbons (Fsp3) is 0.200. The Morgan fingerprint density at radius 2 is 2.21 bits per heavy atom. The van der Waals surface area contributed by atoms with E-state index in [1.54, 1.807) is 0 Å². The van der Waals surface area contributed by atoms with Crippen molar-refractivity contribution in [3.05, 3.63) is 29.1 Å². The molecular weight excluding hydrogens is 189 g/mol. The van der Waals surface area contributed by atoms with Gasteiger partial charge in [0, 0.05) is 17.3 Å². The second kappa shape index (κ2) is 3.13. The first kappa shape index (κ1) is 9.27. The number of rotatable bonds is 0. The van der Waals surface area contributed by atoms with E-state index >= 15 is 0 Å². The summed E-state index contributed by atoms with van der Waals surface area (Å²) in [5.41, 5.74) is 3.57. The number of aryl methyl sites for hydroxylation is 1. The zero-order valence-electron chi connectivity index (χ0n) is 8.07. The molecule has 0 N–H and O–H groups in total. The number of nitrogens with zero attached hydrogens (tertiary/aromatic N) is 3. The molecule has 0 unspecified atom stereocenters. The van der Waals surface area contributed by atoms with E-state index in [-0.39, 0.29) is 0 Å². The van der Waals surface area contributed by atoms with Gasteiger partial charge in [-0.15, -0.1) is 0 Å². The quantitative estimate of drug-likeness (QED) is 0.600. The minimum absolute atomic E-state index is 0.714. The molecule has 0 aliphatic heterocycles. The predicted molar refractivity (Wildman–Crippen MR) is 55.1 cm³/mol. The molecule has 2 heterocycles. The van der Waals surface area contributed by atoms with Crippen LogP contribution in [0.25, 0.3) is 11.0 Å². The first-order valence-corrected chi connectivity index (χ1v) is 4.79. The Labute approximate surface area is 90.6 Å². The van der Waals surface area contributed by atoms with Gasteiger partial charge < -0.3 is 3.55 Å². The van der Waals surface area contributed by atoms with Gasteiger partial charge in [-0.3, -0.25) is 0 Å². The Morgan fingerprint density at radius 1 is 1.50 bits per heavy atom. The van der Waals surface area contributed by atoms with Gasteiger partial charge in [-0.1, -0.05) is 0 Å². The summed E-state index contributed by atoms with van der Waals surface area (Å²) in [5.74, 6) is 0. The van der Waals surface area contributed by atoms with Crippen LogP contribution in [-0.2, 0) is 0 Å². The van der Waals surface area contributed by atoms with E-state index in [1.165, 1.54) is 0 Å². The van der Waals surface area contributed by atoms with Gasteiger partial charge in [0.2, 0.25) is 0 Å². The molecule has 0 atom stereocenters. The van der Waals surface area contributed by atoms with E-state index in [0.29, 0.717) is 5.56 Å². The van der Waals surface area contributed by atoms with Gasteiger partial charge in [0.05, 0.1) is 5.56 Å². The Bertz CT molecular complexity index is 548. The molecule has 0 fully saturated rings. The molecule has 0 saturated carbocycles. The number of hydrogen-bond acceptors (Lipinski definition) is 2. The maximum atomic E-state index is 9.02. The Morgan fingerprint density at radius 3 is 2.86 bits per heavy atom. The molecule has 2 aromatic rings. The van der Waals surface area contributed by atoms with Crippen LogP contribution in [0.4, 0.5) is 0 Å². The second-order valence-corrected chi connectivity index (χ2v) is 3.84. The molecule has 0 bridgehead atoms. The van der Waals surface area contributed by atoms with E-state index in [9.17, 15) is 0 Å². The zero-order chi connectivity index (χ0) is 10.3. The first-order chi connectivity index (χ1) is 6.65. The highest BCUT2D eigenvalue weighted by Gasteiger charge is 2.10. The van der Waals surface area contributed by atoms with E-state index < -0.39 is 0 Å². The molecule has 0 spiro atoms. The predicted octanol–water partition coefficient (Wildman–Crippen LogP) is 1.46. The standard InChI is InChI=1S/C10H8N3.Al/c1-6-3-8-9(4-11)7(2)13-10(8)12-5-6;/h3,5H,1-2H3;/q-1;+1. The van der Waals surface area contributed by atoms with Gasteiger partial charge in [-0.25, -0.2) is 4.98 Å². The summed E-state index contributed by atoms with van der Waals surface area (Å²) >= 11 is 2.57. The third kappa shape index (κ3) is 1.14. The van der Waals surface area contributed by atoms with E-state index in [4.69, 9.17) is 5.26 Å². The molecule has 0 aromatic carbocycles. The number of hydrogen-bond donors (Lipinski definition) is 0. The van der Waals surface area contributed by atoms with Gasteiger partial charge in [0.1, 0.15) is 11.7 Å². The van der Waals surface area contributed by atoms with Crippen molar-refractivity contribution in [1.29, 1.82) is 5.26 Å². The highest BCUT2D eigenvalue weighted by atomic mass is 27.1. The highest BCUT2D eigenvalue weighted by molar-refractivity contribution is 6.12. The number of nitriles is 1. The van der Waals surface area contributed by atoms with E-state index in [0.717, 1.165) is 22.3 Å². The zero-order valence-corrected chi connectivity index (χ0v) is 9.23. The molecule has 0 saturated heterocycles. The summed E-state index contributed by atoms with van der Waals surface area (Å²) < 4.78 is 1.87. The molecule has 2 radical (unpaired) electrons. The first-order valence-electron chi connectivity index (χ1n) is 4.28. The van der Waals surface area contributed by atoms with Gasteiger partial charge in [0.25, 0.3) is 0 Å². The second-order valence-electron chi connectivity index (χ2n) is 3.33. The minimum atomic E-state index is 0.714. The summed E-state index contributed by atoms with van der Waals surface area (Å²) in [7, 11) is 0. The third-order valence-electron chi connectivity index (χ3n) is 2.34. The van der Waals surface area contributed by atoms with Crippen LogP contribution in [0.3, 0.4) is 0 Å². The van der Waals surface area contributed by atoms with Crippen LogP contribution in [0.1, 0.15) is 16.8 Å². The van der Waals surface area contributed by atoms with Crippen molar-refractivity contribution in [3.63, 3.8) is 0 Å². The van der Waals surface area contributed by atoms with Crippen molar-refractivity contribution in [2.24, 2.45) is 0 Å². The van der Waals surface area contributed by atoms with Crippen molar-refractivity contribution >= 4 is 27.5 Å². The summed E-state index contributed by atoms with van der Waals surface area (Å²) in [6.07, 6.45) is 1.81. The molecule has 2 aromatic heterocycles. The van der Waals surface area contributed by atoms with Gasteiger partial charge in [-0.2, -0.15) is 5.26 Å². The summed E-state index contributed by atoms with van der Waals surface area (Å²) in [4.78, 5) is 4.30. The maximum Gasteiger partial charge on any atom is 0.320 e. The van der Waals surface area contributed by atoms with Crippen LogP contribution < -0.4 is 0 Å². The summed E-state index contributed by atoms with van der Waals surface area (Å²) in [6.45, 7) is 3.89. The average molecular weight is 197 g/mol. The molecule has 4 heteroatoms. The lowest BCUT2D eigenvalue weighted by Gasteiger charge is -1.98. The Balaban J connectivity index is 2.98. The van der Waals surface area contributed by atoms with Crippen molar-refractivity contribution in [2.75, 3.05) is 0 Å². The van der Waals surface area contributed by atoms with Crippen molar-refractivity contribution in [3.8, 4) is 6.07 Å². The maximum absolute atomic E-state index is 9.02. The lowest BCUT2D eigenvalue weighted by Crippen LogP contribution is -1.95. The summed E-state index contributed by atoms with van der Waals surface area (Å²) in [6, 6.07) is 4.21. The lowest BCUT2D eigenvalue weighted by molar-refractivity contribution is 1.15. The van der Waals surface area contributed by atoms with Crippen molar-refractivity contribution in [1.82, 2.24) is 8.53 Å². The lowest BCUT2D eigenvalue weighted by atomic mass is 10.1. The molecule has 0 amide bonds. The van der Waals surface area contributed by atoms with Crippen LogP contribution in [0.5, 0.6) is 0 Å². The van der Waals surface area contributed by atoms with Crippen molar-refractivity contribution in [2.45, 2.75) is 13.8 Å². The van der Waals surface area contributed by atoms with Gasteiger partial charge in [0.15, 0.2) is 0 Å². The largest absolute Gasteiger partial charge is 0.440 e. The fourth-order valence-corrected chi connectivity index (χ4v) is 1.89. The SMILES string of the molecule is Cc1cnc2c(c1)c(C#N)c(C)[n]2[Al]. The Hall–Kier alpha value is -1.29. The van der Waals surface area contributed by atoms with Crippen LogP contribution in [0.2, 0.25) is 0 Å². The smallest absolute Gasteiger partial charge is 0.320 e. The Kier molecular flexibility index (Phi) is 2.08. The van der Waals surface area contributed by atoms with Crippen LogP contribution in [-0.4, -0.2) is 25.0 Å². The van der Waals surface area contributed by atoms with Crippen LogP contribution >= 0.6 is 0 Å². The average Bonchev–Trinajstić information content (AvgIpc) is 2.39. The summed E-state index contributed by atoms with van der Waals surface area (Å²) in [5, 5.41) is 9.95. The van der Waals surface area contributed by atoms with Crippen molar-refractivity contribution < 1.29 is 0 Å². The topological polar surface area (TPSA) is 41.6 Å². The number of fused-ring (bicyclic) bond motifs is 1. The molecule has 2 rings (SSSR count). The van der Waals surface area contributed by atoms with Gasteiger partial charge >= 0.3 is 16.5 Å². The van der Waals surface area contributed by atoms with Gasteiger partial charge in [-0.05, 0) is 25.5 Å². The van der Waals surface area contributed by atoms with E-state index in [1.807, 2.05) is 29.7 Å². The normalized spacial score (nSPS) is 10.4.